The summed E-state index contributed by atoms with van der Waals surface area (Å²) >= 11 is 6.01. The zero-order valence-corrected chi connectivity index (χ0v) is 16.9. The van der Waals surface area contributed by atoms with E-state index in [0.717, 1.165) is 36.5 Å². The average Bonchev–Trinajstić information content (AvgIpc) is 3.10. The molecule has 2 heterocycles. The molecule has 0 bridgehead atoms. The number of aliphatic imine (C=N–C) groups is 1. The van der Waals surface area contributed by atoms with Crippen LogP contribution in [0.1, 0.15) is 36.1 Å². The SMILES string of the molecule is CN=C(c1c(CN2CCCCC2)ccn1Cc1ccc(Cl)cc1)C(C#N)C#N. The minimum absolute atomic E-state index is 0.538. The number of halogens is 1. The van der Waals surface area contributed by atoms with Gasteiger partial charge in [0.15, 0.2) is 5.92 Å². The third-order valence-corrected chi connectivity index (χ3v) is 5.42. The molecular weight excluding hydrogens is 370 g/mol. The van der Waals surface area contributed by atoms with Crippen LogP contribution < -0.4 is 0 Å². The molecule has 1 aliphatic heterocycles. The Morgan fingerprint density at radius 1 is 1.07 bits per heavy atom. The molecule has 0 amide bonds. The van der Waals surface area contributed by atoms with Gasteiger partial charge in [0.05, 0.1) is 23.5 Å². The number of piperidine rings is 1. The minimum atomic E-state index is -0.885. The van der Waals surface area contributed by atoms with E-state index in [9.17, 15) is 10.5 Å². The molecule has 2 aromatic rings. The van der Waals surface area contributed by atoms with Crippen molar-refractivity contribution in [2.75, 3.05) is 20.1 Å². The molecule has 1 aromatic carbocycles. The van der Waals surface area contributed by atoms with Crippen LogP contribution in [-0.2, 0) is 13.1 Å². The fourth-order valence-electron chi connectivity index (χ4n) is 3.76. The first-order valence-electron chi connectivity index (χ1n) is 9.57. The fraction of sp³-hybridized carbons (Fsp3) is 0.409. The van der Waals surface area contributed by atoms with Crippen molar-refractivity contribution in [2.24, 2.45) is 10.9 Å². The van der Waals surface area contributed by atoms with E-state index in [1.165, 1.54) is 19.3 Å². The molecule has 144 valence electrons. The zero-order valence-electron chi connectivity index (χ0n) is 16.1. The first kappa shape index (κ1) is 20.1. The van der Waals surface area contributed by atoms with Gasteiger partial charge in [0.1, 0.15) is 0 Å². The topological polar surface area (TPSA) is 68.1 Å². The van der Waals surface area contributed by atoms with Crippen molar-refractivity contribution in [3.63, 3.8) is 0 Å². The number of nitriles is 2. The van der Waals surface area contributed by atoms with Gasteiger partial charge in [-0.1, -0.05) is 30.2 Å². The summed E-state index contributed by atoms with van der Waals surface area (Å²) < 4.78 is 2.09. The molecule has 6 heteroatoms. The van der Waals surface area contributed by atoms with Gasteiger partial charge in [-0.15, -0.1) is 0 Å². The zero-order chi connectivity index (χ0) is 19.9. The third kappa shape index (κ3) is 4.62. The smallest absolute Gasteiger partial charge is 0.176 e. The maximum atomic E-state index is 9.46. The van der Waals surface area contributed by atoms with Crippen LogP contribution in [0.2, 0.25) is 5.02 Å². The van der Waals surface area contributed by atoms with Crippen molar-refractivity contribution in [2.45, 2.75) is 32.4 Å². The van der Waals surface area contributed by atoms with Crippen molar-refractivity contribution >= 4 is 17.3 Å². The predicted octanol–water partition coefficient (Wildman–Crippen LogP) is 4.26. The molecule has 0 unspecified atom stereocenters. The Kier molecular flexibility index (Phi) is 6.87. The molecule has 0 N–H and O–H groups in total. The summed E-state index contributed by atoms with van der Waals surface area (Å²) in [6.45, 7) is 3.61. The number of rotatable bonds is 6. The van der Waals surface area contributed by atoms with Gasteiger partial charge in [0, 0.05) is 31.4 Å². The molecular formula is C22H24ClN5. The lowest BCUT2D eigenvalue weighted by molar-refractivity contribution is 0.221. The number of likely N-dealkylation sites (tertiary alicyclic amines) is 1. The molecule has 1 aromatic heterocycles. The highest BCUT2D eigenvalue weighted by atomic mass is 35.5. The van der Waals surface area contributed by atoms with E-state index in [-0.39, 0.29) is 0 Å². The number of nitrogens with zero attached hydrogens (tertiary/aromatic N) is 5. The largest absolute Gasteiger partial charge is 0.342 e. The van der Waals surface area contributed by atoms with E-state index in [4.69, 9.17) is 11.6 Å². The van der Waals surface area contributed by atoms with Crippen LogP contribution in [0.4, 0.5) is 0 Å². The van der Waals surface area contributed by atoms with Gasteiger partial charge in [-0.25, -0.2) is 0 Å². The van der Waals surface area contributed by atoms with E-state index in [0.29, 0.717) is 17.3 Å². The maximum Gasteiger partial charge on any atom is 0.176 e. The molecule has 28 heavy (non-hydrogen) atoms. The molecule has 0 radical (unpaired) electrons. The minimum Gasteiger partial charge on any atom is -0.342 e. The first-order valence-corrected chi connectivity index (χ1v) is 9.95. The third-order valence-electron chi connectivity index (χ3n) is 5.17. The molecule has 1 saturated heterocycles. The van der Waals surface area contributed by atoms with Crippen molar-refractivity contribution in [3.05, 3.63) is 58.4 Å². The number of hydrogen-bond acceptors (Lipinski definition) is 4. The van der Waals surface area contributed by atoms with Crippen molar-refractivity contribution in [1.82, 2.24) is 9.47 Å². The van der Waals surface area contributed by atoms with Crippen LogP contribution in [0, 0.1) is 28.6 Å². The number of hydrogen-bond donors (Lipinski definition) is 0. The summed E-state index contributed by atoms with van der Waals surface area (Å²) in [6, 6.07) is 14.0. The second-order valence-electron chi connectivity index (χ2n) is 7.08. The Bertz CT molecular complexity index is 894. The van der Waals surface area contributed by atoms with Gasteiger partial charge in [-0.3, -0.25) is 9.89 Å². The first-order chi connectivity index (χ1) is 13.7. The van der Waals surface area contributed by atoms with Crippen LogP contribution in [0.15, 0.2) is 41.5 Å². The Labute approximate surface area is 171 Å². The summed E-state index contributed by atoms with van der Waals surface area (Å²) in [5.74, 6) is -0.885. The quantitative estimate of drug-likeness (QED) is 0.688. The second kappa shape index (κ2) is 9.55. The number of benzene rings is 1. The standard InChI is InChI=1S/C22H24ClN5/c1-26-21(19(13-24)14-25)22-18(16-27-10-3-2-4-11-27)9-12-28(22)15-17-5-7-20(23)8-6-17/h5-9,12,19H,2-4,10-11,15-16H2,1H3. The number of aromatic nitrogens is 1. The normalized spacial score (nSPS) is 15.4. The second-order valence-corrected chi connectivity index (χ2v) is 7.52. The molecule has 0 atom stereocenters. The molecule has 5 nitrogen and oxygen atoms in total. The average molecular weight is 394 g/mol. The van der Waals surface area contributed by atoms with E-state index < -0.39 is 5.92 Å². The van der Waals surface area contributed by atoms with Gasteiger partial charge in [0.2, 0.25) is 0 Å². The summed E-state index contributed by atoms with van der Waals surface area (Å²) in [5.41, 5.74) is 3.64. The van der Waals surface area contributed by atoms with Crippen LogP contribution in [0.5, 0.6) is 0 Å². The summed E-state index contributed by atoms with van der Waals surface area (Å²) in [5, 5.41) is 19.6. The molecule has 1 fully saturated rings. The van der Waals surface area contributed by atoms with Crippen molar-refractivity contribution in [3.8, 4) is 12.1 Å². The van der Waals surface area contributed by atoms with Gasteiger partial charge < -0.3 is 4.57 Å². The van der Waals surface area contributed by atoms with E-state index in [2.05, 4.69) is 32.7 Å². The van der Waals surface area contributed by atoms with E-state index in [1.54, 1.807) is 7.05 Å². The molecule has 0 spiro atoms. The van der Waals surface area contributed by atoms with Crippen LogP contribution in [0.3, 0.4) is 0 Å². The molecule has 0 aliphatic carbocycles. The van der Waals surface area contributed by atoms with Gasteiger partial charge in [-0.05, 0) is 55.3 Å². The molecule has 0 saturated carbocycles. The summed E-state index contributed by atoms with van der Waals surface area (Å²) in [7, 11) is 1.65. The van der Waals surface area contributed by atoms with E-state index >= 15 is 0 Å². The lowest BCUT2D eigenvalue weighted by Crippen LogP contribution is -2.30. The van der Waals surface area contributed by atoms with Gasteiger partial charge in [-0.2, -0.15) is 10.5 Å². The van der Waals surface area contributed by atoms with Gasteiger partial charge >= 0.3 is 0 Å². The summed E-state index contributed by atoms with van der Waals surface area (Å²) in [4.78, 5) is 6.79. The van der Waals surface area contributed by atoms with E-state index in [1.807, 2.05) is 30.5 Å². The Morgan fingerprint density at radius 2 is 1.75 bits per heavy atom. The lowest BCUT2D eigenvalue weighted by Gasteiger charge is -2.27. The van der Waals surface area contributed by atoms with Crippen LogP contribution in [0.25, 0.3) is 0 Å². The highest BCUT2D eigenvalue weighted by molar-refractivity contribution is 6.30. The van der Waals surface area contributed by atoms with Crippen molar-refractivity contribution in [1.29, 1.82) is 10.5 Å². The fourth-order valence-corrected chi connectivity index (χ4v) is 3.88. The highest BCUT2D eigenvalue weighted by Crippen LogP contribution is 2.22. The molecule has 3 rings (SSSR count). The maximum absolute atomic E-state index is 9.46. The molecule has 1 aliphatic rings. The lowest BCUT2D eigenvalue weighted by atomic mass is 9.99. The Balaban J connectivity index is 1.97. The monoisotopic (exact) mass is 393 g/mol. The van der Waals surface area contributed by atoms with Crippen LogP contribution >= 0.6 is 11.6 Å². The van der Waals surface area contributed by atoms with Crippen molar-refractivity contribution < 1.29 is 0 Å². The highest BCUT2D eigenvalue weighted by Gasteiger charge is 2.24. The Hall–Kier alpha value is -2.60. The summed E-state index contributed by atoms with van der Waals surface area (Å²) in [6.07, 6.45) is 5.75. The predicted molar refractivity (Wildman–Crippen MR) is 111 cm³/mol. The van der Waals surface area contributed by atoms with Gasteiger partial charge in [0.25, 0.3) is 0 Å². The van der Waals surface area contributed by atoms with Crippen LogP contribution in [-0.4, -0.2) is 35.3 Å². The Morgan fingerprint density at radius 3 is 2.36 bits per heavy atom.